The van der Waals surface area contributed by atoms with Crippen LogP contribution in [0, 0.1) is 0 Å². The molecule has 0 atom stereocenters. The zero-order chi connectivity index (χ0) is 16.8. The highest BCUT2D eigenvalue weighted by Gasteiger charge is 2.03. The van der Waals surface area contributed by atoms with Crippen LogP contribution in [0.2, 0.25) is 0 Å². The molecule has 3 rings (SSSR count). The van der Waals surface area contributed by atoms with E-state index in [1.54, 1.807) is 24.5 Å². The summed E-state index contributed by atoms with van der Waals surface area (Å²) < 4.78 is 10.8. The molecule has 0 unspecified atom stereocenters. The lowest BCUT2D eigenvalue weighted by atomic mass is 10.2. The van der Waals surface area contributed by atoms with Gasteiger partial charge in [-0.15, -0.1) is 0 Å². The van der Waals surface area contributed by atoms with Crippen molar-refractivity contribution in [2.75, 3.05) is 5.32 Å². The van der Waals surface area contributed by atoms with Crippen molar-refractivity contribution in [3.63, 3.8) is 0 Å². The third-order valence-corrected chi connectivity index (χ3v) is 3.49. The Morgan fingerprint density at radius 3 is 2.62 bits per heavy atom. The molecule has 2 aromatic carbocycles. The Bertz CT molecular complexity index is 794. The quantitative estimate of drug-likeness (QED) is 0.683. The van der Waals surface area contributed by atoms with Crippen molar-refractivity contribution in [3.8, 4) is 5.75 Å². The smallest absolute Gasteiger partial charge is 0.335 e. The third-order valence-electron chi connectivity index (χ3n) is 3.49. The summed E-state index contributed by atoms with van der Waals surface area (Å²) in [5.41, 5.74) is 2.11. The first-order chi connectivity index (χ1) is 11.7. The van der Waals surface area contributed by atoms with E-state index >= 15 is 0 Å². The lowest BCUT2D eigenvalue weighted by Crippen LogP contribution is -2.02. The molecule has 0 amide bonds. The van der Waals surface area contributed by atoms with E-state index < -0.39 is 5.97 Å². The number of aromatic carboxylic acids is 1. The number of ether oxygens (including phenoxy) is 1. The van der Waals surface area contributed by atoms with Crippen LogP contribution in [0.15, 0.2) is 71.3 Å². The molecule has 3 aromatic rings. The Morgan fingerprint density at radius 1 is 1.08 bits per heavy atom. The summed E-state index contributed by atoms with van der Waals surface area (Å²) >= 11 is 0. The minimum atomic E-state index is -0.934. The number of carboxylic acids is 1. The monoisotopic (exact) mass is 323 g/mol. The summed E-state index contributed by atoms with van der Waals surface area (Å²) in [6.07, 6.45) is 1.62. The highest BCUT2D eigenvalue weighted by atomic mass is 16.5. The molecule has 0 saturated carbocycles. The van der Waals surface area contributed by atoms with E-state index in [-0.39, 0.29) is 5.56 Å². The maximum absolute atomic E-state index is 11.0. The predicted molar refractivity (Wildman–Crippen MR) is 90.2 cm³/mol. The lowest BCUT2D eigenvalue weighted by molar-refractivity contribution is 0.0697. The first kappa shape index (κ1) is 15.7. The van der Waals surface area contributed by atoms with Gasteiger partial charge in [-0.25, -0.2) is 4.79 Å². The Morgan fingerprint density at radius 2 is 1.92 bits per heavy atom. The van der Waals surface area contributed by atoms with Crippen LogP contribution in [0.4, 0.5) is 5.69 Å². The molecule has 5 nitrogen and oxygen atoms in total. The number of carbonyl (C=O) groups is 1. The van der Waals surface area contributed by atoms with E-state index in [0.29, 0.717) is 13.2 Å². The molecule has 0 radical (unpaired) electrons. The van der Waals surface area contributed by atoms with Crippen molar-refractivity contribution in [1.29, 1.82) is 0 Å². The summed E-state index contributed by atoms with van der Waals surface area (Å²) in [4.78, 5) is 11.0. The van der Waals surface area contributed by atoms with E-state index in [9.17, 15) is 4.79 Å². The zero-order valence-corrected chi connectivity index (χ0v) is 12.9. The van der Waals surface area contributed by atoms with Gasteiger partial charge in [-0.1, -0.05) is 18.2 Å². The number of furan rings is 1. The standard InChI is InChI=1S/C19H17NO4/c21-19(22)15-3-1-4-16(11-15)20-12-14-6-8-17(9-7-14)24-13-18-5-2-10-23-18/h1-11,20H,12-13H2,(H,21,22). The van der Waals surface area contributed by atoms with Crippen LogP contribution in [0.3, 0.4) is 0 Å². The van der Waals surface area contributed by atoms with Gasteiger partial charge in [-0.2, -0.15) is 0 Å². The predicted octanol–water partition coefficient (Wildman–Crippen LogP) is 4.17. The normalized spacial score (nSPS) is 10.3. The molecule has 0 aliphatic heterocycles. The summed E-state index contributed by atoms with van der Waals surface area (Å²) in [6.45, 7) is 0.994. The van der Waals surface area contributed by atoms with E-state index in [4.69, 9.17) is 14.3 Å². The summed E-state index contributed by atoms with van der Waals surface area (Å²) in [5.74, 6) is 0.610. The van der Waals surface area contributed by atoms with Crippen molar-refractivity contribution in [1.82, 2.24) is 0 Å². The first-order valence-corrected chi connectivity index (χ1v) is 7.52. The van der Waals surface area contributed by atoms with Crippen molar-refractivity contribution < 1.29 is 19.1 Å². The second kappa shape index (κ2) is 7.37. The van der Waals surface area contributed by atoms with Crippen LogP contribution in [0.1, 0.15) is 21.7 Å². The van der Waals surface area contributed by atoms with Gasteiger partial charge >= 0.3 is 5.97 Å². The molecule has 2 N–H and O–H groups in total. The van der Waals surface area contributed by atoms with E-state index in [1.807, 2.05) is 42.5 Å². The Kier molecular flexibility index (Phi) is 4.81. The van der Waals surface area contributed by atoms with Gasteiger partial charge in [0.05, 0.1) is 11.8 Å². The highest BCUT2D eigenvalue weighted by Crippen LogP contribution is 2.16. The number of hydrogen-bond acceptors (Lipinski definition) is 4. The number of nitrogens with one attached hydrogen (secondary N) is 1. The SMILES string of the molecule is O=C(O)c1cccc(NCc2ccc(OCc3ccco3)cc2)c1. The first-order valence-electron chi connectivity index (χ1n) is 7.52. The molecule has 0 saturated heterocycles. The topological polar surface area (TPSA) is 71.7 Å². The minimum Gasteiger partial charge on any atom is -0.486 e. The van der Waals surface area contributed by atoms with Gasteiger partial charge in [0.1, 0.15) is 18.1 Å². The van der Waals surface area contributed by atoms with Crippen molar-refractivity contribution in [3.05, 3.63) is 83.8 Å². The number of benzene rings is 2. The summed E-state index contributed by atoms with van der Waals surface area (Å²) in [6, 6.07) is 18.2. The third kappa shape index (κ3) is 4.16. The van der Waals surface area contributed by atoms with Crippen molar-refractivity contribution in [2.45, 2.75) is 13.2 Å². The van der Waals surface area contributed by atoms with Crippen LogP contribution in [0.25, 0.3) is 0 Å². The average molecular weight is 323 g/mol. The van der Waals surface area contributed by atoms with Gasteiger partial charge in [0.25, 0.3) is 0 Å². The summed E-state index contributed by atoms with van der Waals surface area (Å²) in [7, 11) is 0. The van der Waals surface area contributed by atoms with Crippen LogP contribution in [-0.4, -0.2) is 11.1 Å². The number of hydrogen-bond donors (Lipinski definition) is 2. The molecule has 0 fully saturated rings. The van der Waals surface area contributed by atoms with Crippen LogP contribution < -0.4 is 10.1 Å². The largest absolute Gasteiger partial charge is 0.486 e. The molecule has 122 valence electrons. The zero-order valence-electron chi connectivity index (χ0n) is 12.9. The number of carboxylic acid groups (broad SMARTS) is 1. The minimum absolute atomic E-state index is 0.265. The fourth-order valence-electron chi connectivity index (χ4n) is 2.22. The second-order valence-corrected chi connectivity index (χ2v) is 5.25. The molecule has 1 heterocycles. The molecule has 1 aromatic heterocycles. The van der Waals surface area contributed by atoms with Gasteiger partial charge in [-0.05, 0) is 48.0 Å². The molecule has 0 aliphatic carbocycles. The van der Waals surface area contributed by atoms with Crippen LogP contribution in [0.5, 0.6) is 5.75 Å². The molecule has 0 aliphatic rings. The van der Waals surface area contributed by atoms with Crippen LogP contribution >= 0.6 is 0 Å². The number of rotatable bonds is 7. The van der Waals surface area contributed by atoms with Gasteiger partial charge in [0.15, 0.2) is 0 Å². The molecule has 5 heteroatoms. The molecular formula is C19H17NO4. The van der Waals surface area contributed by atoms with E-state index in [1.165, 1.54) is 0 Å². The molecule has 0 spiro atoms. The second-order valence-electron chi connectivity index (χ2n) is 5.25. The number of anilines is 1. The molecule has 0 bridgehead atoms. The van der Waals surface area contributed by atoms with Crippen molar-refractivity contribution >= 4 is 11.7 Å². The van der Waals surface area contributed by atoms with Gasteiger partial charge in [0, 0.05) is 12.2 Å². The van der Waals surface area contributed by atoms with Gasteiger partial charge < -0.3 is 19.6 Å². The maximum Gasteiger partial charge on any atom is 0.335 e. The average Bonchev–Trinajstić information content (AvgIpc) is 3.13. The highest BCUT2D eigenvalue weighted by molar-refractivity contribution is 5.88. The Balaban J connectivity index is 1.54. The van der Waals surface area contributed by atoms with Crippen molar-refractivity contribution in [2.24, 2.45) is 0 Å². The fourth-order valence-corrected chi connectivity index (χ4v) is 2.22. The summed E-state index contributed by atoms with van der Waals surface area (Å²) in [5, 5.41) is 12.2. The Hall–Kier alpha value is -3.21. The van der Waals surface area contributed by atoms with Gasteiger partial charge in [0.2, 0.25) is 0 Å². The van der Waals surface area contributed by atoms with Gasteiger partial charge in [-0.3, -0.25) is 0 Å². The fraction of sp³-hybridized carbons (Fsp3) is 0.105. The Labute approximate surface area is 139 Å². The maximum atomic E-state index is 11.0. The molecule has 24 heavy (non-hydrogen) atoms. The van der Waals surface area contributed by atoms with E-state index in [0.717, 1.165) is 22.8 Å². The van der Waals surface area contributed by atoms with Crippen LogP contribution in [-0.2, 0) is 13.2 Å². The lowest BCUT2D eigenvalue weighted by Gasteiger charge is -2.09. The van der Waals surface area contributed by atoms with E-state index in [2.05, 4.69) is 5.32 Å². The molecular weight excluding hydrogens is 306 g/mol.